The molecule has 0 heterocycles. The molecule has 16 heavy (non-hydrogen) atoms. The largest absolute Gasteiger partial charge is 0.223 e. The highest BCUT2D eigenvalue weighted by Crippen LogP contribution is 2.13. The molecule has 0 aromatic carbocycles. The van der Waals surface area contributed by atoms with Gasteiger partial charge in [0.2, 0.25) is 20.6 Å². The van der Waals surface area contributed by atoms with Gasteiger partial charge in [-0.3, -0.25) is 0 Å². The van der Waals surface area contributed by atoms with Crippen LogP contribution in [0.5, 0.6) is 0 Å². The number of hydrogen-bond acceptors (Lipinski definition) is 6. The normalized spacial score (nSPS) is 14.4. The summed E-state index contributed by atoms with van der Waals surface area (Å²) in [6, 6.07) is 3.22. The summed E-state index contributed by atoms with van der Waals surface area (Å²) in [4.78, 5) is -1.05. The van der Waals surface area contributed by atoms with Crippen molar-refractivity contribution in [1.82, 2.24) is 0 Å². The Morgan fingerprint density at radius 3 is 1.31 bits per heavy atom. The summed E-state index contributed by atoms with van der Waals surface area (Å²) < 4.78 is 42.9. The molecule has 0 aliphatic heterocycles. The molecular formula is C8H2N2O4S2. The van der Waals surface area contributed by atoms with Gasteiger partial charge in [-0.2, -0.15) is 27.4 Å². The average molecular weight is 254 g/mol. The fourth-order valence-corrected chi connectivity index (χ4v) is 2.29. The van der Waals surface area contributed by atoms with Gasteiger partial charge in [-0.15, -0.1) is 0 Å². The average Bonchev–Trinajstić information content (AvgIpc) is 2.26. The maximum absolute atomic E-state index is 10.7. The van der Waals surface area contributed by atoms with E-state index < -0.39 is 30.3 Å². The van der Waals surface area contributed by atoms with Gasteiger partial charge in [-0.1, -0.05) is 0 Å². The summed E-state index contributed by atoms with van der Waals surface area (Å²) in [5, 5.41) is 17.3. The van der Waals surface area contributed by atoms with E-state index in [1.165, 1.54) is 0 Å². The molecule has 80 valence electrons. The number of nitriles is 2. The minimum atomic E-state index is -2.79. The molecule has 0 unspecified atom stereocenters. The van der Waals surface area contributed by atoms with Crippen LogP contribution in [-0.2, 0) is 20.6 Å². The second-order valence-corrected chi connectivity index (χ2v) is 4.36. The molecule has 0 fully saturated rings. The van der Waals surface area contributed by atoms with Crippen molar-refractivity contribution < 1.29 is 16.8 Å². The Balaban J connectivity index is 3.80. The van der Waals surface area contributed by atoms with E-state index in [1.54, 1.807) is 12.1 Å². The lowest BCUT2D eigenvalue weighted by atomic mass is 10.00. The van der Waals surface area contributed by atoms with Gasteiger partial charge in [0.1, 0.15) is 21.9 Å². The molecule has 1 aliphatic rings. The van der Waals surface area contributed by atoms with Crippen LogP contribution in [0.3, 0.4) is 0 Å². The maximum Gasteiger partial charge on any atom is 0.223 e. The third-order valence-electron chi connectivity index (χ3n) is 1.68. The minimum absolute atomic E-state index is 0.184. The number of allylic oxidation sites excluding steroid dienone is 4. The van der Waals surface area contributed by atoms with Crippen LogP contribution in [0, 0.1) is 22.7 Å². The van der Waals surface area contributed by atoms with Crippen LogP contribution >= 0.6 is 0 Å². The van der Waals surface area contributed by atoms with Crippen LogP contribution in [0.2, 0.25) is 0 Å². The molecule has 0 amide bonds. The lowest BCUT2D eigenvalue weighted by Crippen LogP contribution is -2.17. The van der Waals surface area contributed by atoms with E-state index in [9.17, 15) is 16.8 Å². The lowest BCUT2D eigenvalue weighted by Gasteiger charge is -2.03. The van der Waals surface area contributed by atoms with E-state index in [0.717, 1.165) is 12.2 Å². The molecule has 8 heteroatoms. The predicted octanol–water partition coefficient (Wildman–Crippen LogP) is -0.997. The van der Waals surface area contributed by atoms with E-state index in [0.29, 0.717) is 0 Å². The smallest absolute Gasteiger partial charge is 0.192 e. The molecule has 0 radical (unpaired) electrons. The Bertz CT molecular complexity index is 681. The molecule has 0 atom stereocenters. The Morgan fingerprint density at radius 1 is 0.812 bits per heavy atom. The van der Waals surface area contributed by atoms with Gasteiger partial charge in [0.15, 0.2) is 0 Å². The van der Waals surface area contributed by atoms with E-state index in [1.807, 2.05) is 0 Å². The Morgan fingerprint density at radius 2 is 1.12 bits per heavy atom. The monoisotopic (exact) mass is 254 g/mol. The van der Waals surface area contributed by atoms with Gasteiger partial charge in [0, 0.05) is 0 Å². The lowest BCUT2D eigenvalue weighted by molar-refractivity contribution is 0.625. The van der Waals surface area contributed by atoms with Gasteiger partial charge >= 0.3 is 0 Å². The zero-order chi connectivity index (χ0) is 12.3. The third-order valence-corrected chi connectivity index (χ3v) is 3.21. The summed E-state index contributed by atoms with van der Waals surface area (Å²) in [6.07, 6.45) is 1.71. The standard InChI is InChI=1S/C8H2N2O4S2/c9-3-5-1-7(15(11)12)8(16(13)14)2-6(5)4-10/h1-2H. The molecule has 1 rings (SSSR count). The SMILES string of the molecule is N#CC1=CC(=S(=O)=O)C(=S(=O)=O)C=C1C#N. The molecular weight excluding hydrogens is 252 g/mol. The summed E-state index contributed by atoms with van der Waals surface area (Å²) in [6.45, 7) is 0. The highest BCUT2D eigenvalue weighted by molar-refractivity contribution is 7.83. The van der Waals surface area contributed by atoms with Crippen LogP contribution in [0.1, 0.15) is 0 Å². The zero-order valence-electron chi connectivity index (χ0n) is 7.50. The quantitative estimate of drug-likeness (QED) is 0.512. The molecule has 1 aliphatic carbocycles. The number of nitrogens with zero attached hydrogens (tertiary/aromatic N) is 2. The van der Waals surface area contributed by atoms with Crippen molar-refractivity contribution in [2.75, 3.05) is 0 Å². The van der Waals surface area contributed by atoms with Crippen molar-refractivity contribution in [1.29, 1.82) is 10.5 Å². The van der Waals surface area contributed by atoms with E-state index in [2.05, 4.69) is 0 Å². The fraction of sp³-hybridized carbons (Fsp3) is 0. The van der Waals surface area contributed by atoms with Crippen molar-refractivity contribution in [3.05, 3.63) is 23.3 Å². The Labute approximate surface area is 93.4 Å². The van der Waals surface area contributed by atoms with Crippen molar-refractivity contribution in [2.24, 2.45) is 0 Å². The molecule has 6 nitrogen and oxygen atoms in total. The first-order chi connectivity index (χ1) is 7.51. The molecule has 0 N–H and O–H groups in total. The van der Waals surface area contributed by atoms with Crippen LogP contribution in [0.15, 0.2) is 23.3 Å². The molecule has 0 bridgehead atoms. The Hall–Kier alpha value is -2.16. The highest BCUT2D eigenvalue weighted by atomic mass is 32.2. The maximum atomic E-state index is 10.7. The van der Waals surface area contributed by atoms with Crippen molar-refractivity contribution in [3.63, 3.8) is 0 Å². The second kappa shape index (κ2) is 4.57. The predicted molar refractivity (Wildman–Crippen MR) is 55.2 cm³/mol. The summed E-state index contributed by atoms with van der Waals surface area (Å²) in [7, 11) is -5.57. The van der Waals surface area contributed by atoms with Crippen molar-refractivity contribution >= 4 is 30.3 Å². The van der Waals surface area contributed by atoms with E-state index in [-0.39, 0.29) is 11.1 Å². The van der Waals surface area contributed by atoms with Gasteiger partial charge in [-0.25, -0.2) is 0 Å². The zero-order valence-corrected chi connectivity index (χ0v) is 9.13. The van der Waals surface area contributed by atoms with Crippen molar-refractivity contribution in [2.45, 2.75) is 0 Å². The van der Waals surface area contributed by atoms with E-state index in [4.69, 9.17) is 10.5 Å². The molecule has 0 spiro atoms. The summed E-state index contributed by atoms with van der Waals surface area (Å²) in [5.41, 5.74) is -0.369. The van der Waals surface area contributed by atoms with Gasteiger partial charge in [-0.05, 0) is 12.2 Å². The Kier molecular flexibility index (Phi) is 3.40. The molecule has 0 aromatic rings. The fourth-order valence-electron chi connectivity index (χ4n) is 1.01. The molecule has 0 saturated heterocycles. The van der Waals surface area contributed by atoms with Crippen LogP contribution in [0.4, 0.5) is 0 Å². The minimum Gasteiger partial charge on any atom is -0.192 e. The van der Waals surface area contributed by atoms with Gasteiger partial charge in [0.25, 0.3) is 0 Å². The topological polar surface area (TPSA) is 116 Å². The first kappa shape index (κ1) is 11.9. The van der Waals surface area contributed by atoms with Gasteiger partial charge < -0.3 is 0 Å². The van der Waals surface area contributed by atoms with Crippen LogP contribution in [-0.4, -0.2) is 26.6 Å². The molecule has 0 saturated carbocycles. The first-order valence-electron chi connectivity index (χ1n) is 3.68. The summed E-state index contributed by atoms with van der Waals surface area (Å²) >= 11 is 0. The van der Waals surface area contributed by atoms with E-state index >= 15 is 0 Å². The first-order valence-corrected chi connectivity index (χ1v) is 5.83. The van der Waals surface area contributed by atoms with Crippen molar-refractivity contribution in [3.8, 4) is 12.1 Å². The third kappa shape index (κ3) is 2.08. The summed E-state index contributed by atoms with van der Waals surface area (Å²) in [5.74, 6) is 0. The number of hydrogen-bond donors (Lipinski definition) is 0. The highest BCUT2D eigenvalue weighted by Gasteiger charge is 2.19. The molecule has 0 aromatic heterocycles. The number of rotatable bonds is 0. The van der Waals surface area contributed by atoms with Gasteiger partial charge in [0.05, 0.1) is 11.1 Å². The van der Waals surface area contributed by atoms with Crippen LogP contribution in [0.25, 0.3) is 0 Å². The second-order valence-electron chi connectivity index (χ2n) is 2.54. The van der Waals surface area contributed by atoms with Crippen LogP contribution < -0.4 is 0 Å².